The second kappa shape index (κ2) is 4.47. The average molecular weight is 225 g/mol. The third-order valence-electron chi connectivity index (χ3n) is 3.56. The van der Waals surface area contributed by atoms with Crippen molar-refractivity contribution in [2.45, 2.75) is 46.0 Å². The quantitative estimate of drug-likeness (QED) is 0.855. The molecule has 0 aliphatic heterocycles. The van der Waals surface area contributed by atoms with Crippen molar-refractivity contribution in [3.63, 3.8) is 0 Å². The maximum absolute atomic E-state index is 4.33. The molecule has 15 heavy (non-hydrogen) atoms. The van der Waals surface area contributed by atoms with Crippen LogP contribution in [0.3, 0.4) is 0 Å². The molecule has 0 atom stereocenters. The van der Waals surface area contributed by atoms with Crippen molar-refractivity contribution < 1.29 is 0 Å². The zero-order valence-electron chi connectivity index (χ0n) is 9.55. The van der Waals surface area contributed by atoms with Gasteiger partial charge in [-0.15, -0.1) is 0 Å². The molecule has 0 bridgehead atoms. The van der Waals surface area contributed by atoms with Crippen LogP contribution in [-0.2, 0) is 0 Å². The largest absolute Gasteiger partial charge is 0.360 e. The van der Waals surface area contributed by atoms with E-state index in [9.17, 15) is 0 Å². The standard InChI is InChI=1S/C11H19N3S/c1-3-11(6-4-5-7-11)8-12-10-13-9(2)14-15-10/h3-8H2,1-2H3,(H,12,13,14). The third kappa shape index (κ3) is 2.48. The summed E-state index contributed by atoms with van der Waals surface area (Å²) in [4.78, 5) is 4.33. The molecule has 1 saturated carbocycles. The van der Waals surface area contributed by atoms with Gasteiger partial charge in [-0.1, -0.05) is 19.8 Å². The molecule has 1 fully saturated rings. The van der Waals surface area contributed by atoms with Crippen LogP contribution in [0.4, 0.5) is 5.13 Å². The molecule has 1 aliphatic rings. The number of nitrogens with zero attached hydrogens (tertiary/aromatic N) is 2. The first-order chi connectivity index (χ1) is 7.24. The van der Waals surface area contributed by atoms with Gasteiger partial charge in [0.1, 0.15) is 5.82 Å². The fraction of sp³-hybridized carbons (Fsp3) is 0.818. The highest BCUT2D eigenvalue weighted by Gasteiger charge is 2.31. The second-order valence-electron chi connectivity index (χ2n) is 4.56. The van der Waals surface area contributed by atoms with Crippen LogP contribution in [0.2, 0.25) is 0 Å². The SMILES string of the molecule is CCC1(CNc2nc(C)ns2)CCCC1. The lowest BCUT2D eigenvalue weighted by atomic mass is 9.83. The summed E-state index contributed by atoms with van der Waals surface area (Å²) in [6, 6.07) is 0. The first kappa shape index (κ1) is 10.9. The topological polar surface area (TPSA) is 37.8 Å². The number of rotatable bonds is 4. The Balaban J connectivity index is 1.91. The van der Waals surface area contributed by atoms with Crippen LogP contribution < -0.4 is 5.32 Å². The lowest BCUT2D eigenvalue weighted by molar-refractivity contribution is 0.307. The van der Waals surface area contributed by atoms with Crippen LogP contribution in [0.25, 0.3) is 0 Å². The molecule has 0 saturated heterocycles. The van der Waals surface area contributed by atoms with Crippen LogP contribution in [0.5, 0.6) is 0 Å². The van der Waals surface area contributed by atoms with Gasteiger partial charge >= 0.3 is 0 Å². The van der Waals surface area contributed by atoms with Crippen LogP contribution in [-0.4, -0.2) is 15.9 Å². The molecule has 0 unspecified atom stereocenters. The Hall–Kier alpha value is -0.640. The molecule has 1 heterocycles. The molecule has 1 aromatic rings. The van der Waals surface area contributed by atoms with Gasteiger partial charge in [0.05, 0.1) is 0 Å². The summed E-state index contributed by atoms with van der Waals surface area (Å²) in [5, 5.41) is 4.42. The molecule has 0 spiro atoms. The zero-order valence-corrected chi connectivity index (χ0v) is 10.4. The molecule has 0 amide bonds. The van der Waals surface area contributed by atoms with E-state index in [1.165, 1.54) is 43.6 Å². The van der Waals surface area contributed by atoms with Gasteiger partial charge in [0.2, 0.25) is 5.13 Å². The monoisotopic (exact) mass is 225 g/mol. The minimum atomic E-state index is 0.527. The van der Waals surface area contributed by atoms with Crippen molar-refractivity contribution in [2.24, 2.45) is 5.41 Å². The van der Waals surface area contributed by atoms with Crippen LogP contribution in [0.1, 0.15) is 44.9 Å². The molecule has 0 aromatic carbocycles. The normalized spacial score (nSPS) is 19.3. The van der Waals surface area contributed by atoms with E-state index >= 15 is 0 Å². The van der Waals surface area contributed by atoms with Crippen molar-refractivity contribution in [1.82, 2.24) is 9.36 Å². The van der Waals surface area contributed by atoms with Crippen LogP contribution >= 0.6 is 11.5 Å². The smallest absolute Gasteiger partial charge is 0.202 e. The van der Waals surface area contributed by atoms with Crippen LogP contribution in [0.15, 0.2) is 0 Å². The zero-order chi connectivity index (χ0) is 10.7. The van der Waals surface area contributed by atoms with Crippen molar-refractivity contribution in [1.29, 1.82) is 0 Å². The summed E-state index contributed by atoms with van der Waals surface area (Å²) in [5.74, 6) is 0.875. The van der Waals surface area contributed by atoms with E-state index in [1.807, 2.05) is 6.92 Å². The number of anilines is 1. The molecule has 4 heteroatoms. The highest BCUT2D eigenvalue weighted by molar-refractivity contribution is 7.09. The average Bonchev–Trinajstić information content (AvgIpc) is 2.85. The molecule has 1 N–H and O–H groups in total. The molecule has 1 aromatic heterocycles. The molecule has 84 valence electrons. The fourth-order valence-electron chi connectivity index (χ4n) is 2.41. The minimum absolute atomic E-state index is 0.527. The number of aromatic nitrogens is 2. The Morgan fingerprint density at radius 1 is 1.40 bits per heavy atom. The Bertz CT molecular complexity index is 315. The van der Waals surface area contributed by atoms with E-state index in [0.29, 0.717) is 5.41 Å². The van der Waals surface area contributed by atoms with E-state index in [2.05, 4.69) is 21.6 Å². The van der Waals surface area contributed by atoms with E-state index in [0.717, 1.165) is 17.5 Å². The lowest BCUT2D eigenvalue weighted by Crippen LogP contribution is -2.25. The van der Waals surface area contributed by atoms with E-state index in [4.69, 9.17) is 0 Å². The van der Waals surface area contributed by atoms with Crippen molar-refractivity contribution in [3.8, 4) is 0 Å². The molecule has 2 rings (SSSR count). The first-order valence-corrected chi connectivity index (χ1v) is 6.56. The molecule has 1 aliphatic carbocycles. The molecular weight excluding hydrogens is 206 g/mol. The number of aryl methyl sites for hydroxylation is 1. The predicted molar refractivity (Wildman–Crippen MR) is 64.3 cm³/mol. The first-order valence-electron chi connectivity index (χ1n) is 5.78. The molecular formula is C11H19N3S. The maximum Gasteiger partial charge on any atom is 0.202 e. The molecule has 0 radical (unpaired) electrons. The van der Waals surface area contributed by atoms with Gasteiger partial charge in [-0.2, -0.15) is 4.37 Å². The predicted octanol–water partition coefficient (Wildman–Crippen LogP) is 3.23. The number of hydrogen-bond donors (Lipinski definition) is 1. The Kier molecular flexibility index (Phi) is 3.24. The van der Waals surface area contributed by atoms with Crippen molar-refractivity contribution in [2.75, 3.05) is 11.9 Å². The van der Waals surface area contributed by atoms with Crippen molar-refractivity contribution in [3.05, 3.63) is 5.82 Å². The van der Waals surface area contributed by atoms with Crippen LogP contribution in [0, 0.1) is 12.3 Å². The van der Waals surface area contributed by atoms with E-state index in [-0.39, 0.29) is 0 Å². The van der Waals surface area contributed by atoms with E-state index < -0.39 is 0 Å². The van der Waals surface area contributed by atoms with Crippen molar-refractivity contribution >= 4 is 16.7 Å². The van der Waals surface area contributed by atoms with Gasteiger partial charge in [-0.05, 0) is 31.6 Å². The molecule has 3 nitrogen and oxygen atoms in total. The maximum atomic E-state index is 4.33. The Labute approximate surface area is 95.5 Å². The summed E-state index contributed by atoms with van der Waals surface area (Å²) in [6.45, 7) is 5.31. The summed E-state index contributed by atoms with van der Waals surface area (Å²) < 4.78 is 4.18. The van der Waals surface area contributed by atoms with Gasteiger partial charge in [0, 0.05) is 18.1 Å². The highest BCUT2D eigenvalue weighted by Crippen LogP contribution is 2.40. The highest BCUT2D eigenvalue weighted by atomic mass is 32.1. The summed E-state index contributed by atoms with van der Waals surface area (Å²) >= 11 is 1.47. The Morgan fingerprint density at radius 2 is 2.13 bits per heavy atom. The van der Waals surface area contributed by atoms with Gasteiger partial charge in [0.15, 0.2) is 0 Å². The van der Waals surface area contributed by atoms with Gasteiger partial charge in [-0.3, -0.25) is 0 Å². The van der Waals surface area contributed by atoms with Gasteiger partial charge in [-0.25, -0.2) is 4.98 Å². The minimum Gasteiger partial charge on any atom is -0.360 e. The van der Waals surface area contributed by atoms with E-state index in [1.54, 1.807) is 0 Å². The summed E-state index contributed by atoms with van der Waals surface area (Å²) in [7, 11) is 0. The summed E-state index contributed by atoms with van der Waals surface area (Å²) in [5.41, 5.74) is 0.527. The fourth-order valence-corrected chi connectivity index (χ4v) is 2.98. The summed E-state index contributed by atoms with van der Waals surface area (Å²) in [6.07, 6.45) is 6.80. The number of hydrogen-bond acceptors (Lipinski definition) is 4. The second-order valence-corrected chi connectivity index (χ2v) is 5.31. The van der Waals surface area contributed by atoms with Gasteiger partial charge < -0.3 is 5.32 Å². The number of nitrogens with one attached hydrogen (secondary N) is 1. The van der Waals surface area contributed by atoms with Gasteiger partial charge in [0.25, 0.3) is 0 Å². The lowest BCUT2D eigenvalue weighted by Gasteiger charge is -2.27. The third-order valence-corrected chi connectivity index (χ3v) is 4.32. The Morgan fingerprint density at radius 3 is 2.67 bits per heavy atom.